The SMILES string of the molecule is O=C(c1cncnc1)N1CCN(Cc2cccnc2)CC1. The molecule has 21 heavy (non-hydrogen) atoms. The molecule has 1 saturated heterocycles. The van der Waals surface area contributed by atoms with Crippen LogP contribution >= 0.6 is 0 Å². The predicted molar refractivity (Wildman–Crippen MR) is 77.4 cm³/mol. The van der Waals surface area contributed by atoms with Crippen molar-refractivity contribution in [3.05, 3.63) is 54.4 Å². The van der Waals surface area contributed by atoms with Crippen LogP contribution in [0, 0.1) is 0 Å². The van der Waals surface area contributed by atoms with Crippen LogP contribution in [0.25, 0.3) is 0 Å². The van der Waals surface area contributed by atoms with Crippen molar-refractivity contribution >= 4 is 5.91 Å². The molecular formula is C15H17N5O. The Labute approximate surface area is 123 Å². The zero-order valence-electron chi connectivity index (χ0n) is 11.7. The Morgan fingerprint density at radius 2 is 1.81 bits per heavy atom. The normalized spacial score (nSPS) is 15.9. The van der Waals surface area contributed by atoms with E-state index in [1.165, 1.54) is 11.9 Å². The molecule has 3 rings (SSSR count). The average molecular weight is 283 g/mol. The molecule has 0 aromatic carbocycles. The molecule has 1 fully saturated rings. The van der Waals surface area contributed by atoms with Crippen molar-refractivity contribution in [3.8, 4) is 0 Å². The summed E-state index contributed by atoms with van der Waals surface area (Å²) < 4.78 is 0. The van der Waals surface area contributed by atoms with Crippen LogP contribution in [-0.4, -0.2) is 56.8 Å². The summed E-state index contributed by atoms with van der Waals surface area (Å²) in [7, 11) is 0. The molecule has 0 spiro atoms. The van der Waals surface area contributed by atoms with Gasteiger partial charge in [-0.1, -0.05) is 6.07 Å². The quantitative estimate of drug-likeness (QED) is 0.835. The zero-order chi connectivity index (χ0) is 14.5. The number of carbonyl (C=O) groups is 1. The zero-order valence-corrected chi connectivity index (χ0v) is 11.7. The van der Waals surface area contributed by atoms with Crippen LogP contribution in [0.2, 0.25) is 0 Å². The summed E-state index contributed by atoms with van der Waals surface area (Å²) in [5, 5.41) is 0. The standard InChI is InChI=1S/C15H17N5O/c21-15(14-9-17-12-18-10-14)20-6-4-19(5-7-20)11-13-2-1-3-16-8-13/h1-3,8-10,12H,4-7,11H2. The van der Waals surface area contributed by atoms with Gasteiger partial charge in [0, 0.05) is 57.5 Å². The first-order valence-corrected chi connectivity index (χ1v) is 6.98. The Kier molecular flexibility index (Phi) is 4.16. The lowest BCUT2D eigenvalue weighted by atomic mass is 10.2. The van der Waals surface area contributed by atoms with E-state index in [-0.39, 0.29) is 5.91 Å². The maximum absolute atomic E-state index is 12.3. The summed E-state index contributed by atoms with van der Waals surface area (Å²) in [5.74, 6) is 0.0108. The van der Waals surface area contributed by atoms with Gasteiger partial charge in [0.2, 0.25) is 0 Å². The molecule has 2 aromatic heterocycles. The Balaban J connectivity index is 1.54. The van der Waals surface area contributed by atoms with Gasteiger partial charge in [-0.3, -0.25) is 14.7 Å². The average Bonchev–Trinajstić information content (AvgIpc) is 2.57. The minimum atomic E-state index is 0.0108. The number of piperazine rings is 1. The first-order valence-electron chi connectivity index (χ1n) is 6.98. The Bertz CT molecular complexity index is 582. The molecule has 6 heteroatoms. The largest absolute Gasteiger partial charge is 0.336 e. The van der Waals surface area contributed by atoms with E-state index in [4.69, 9.17) is 0 Å². The highest BCUT2D eigenvalue weighted by molar-refractivity contribution is 5.93. The summed E-state index contributed by atoms with van der Waals surface area (Å²) in [5.41, 5.74) is 1.76. The molecule has 0 bridgehead atoms. The molecule has 1 aliphatic rings. The van der Waals surface area contributed by atoms with E-state index in [1.54, 1.807) is 18.6 Å². The van der Waals surface area contributed by atoms with Gasteiger partial charge in [-0.25, -0.2) is 9.97 Å². The summed E-state index contributed by atoms with van der Waals surface area (Å²) in [6.45, 7) is 4.08. The van der Waals surface area contributed by atoms with Crippen LogP contribution in [0.5, 0.6) is 0 Å². The molecule has 6 nitrogen and oxygen atoms in total. The molecular weight excluding hydrogens is 266 g/mol. The molecule has 2 aromatic rings. The Morgan fingerprint density at radius 1 is 1.05 bits per heavy atom. The fourth-order valence-corrected chi connectivity index (χ4v) is 2.45. The number of hydrogen-bond donors (Lipinski definition) is 0. The van der Waals surface area contributed by atoms with Crippen molar-refractivity contribution in [3.63, 3.8) is 0 Å². The van der Waals surface area contributed by atoms with Crippen molar-refractivity contribution in [1.29, 1.82) is 0 Å². The molecule has 1 amide bonds. The molecule has 0 aliphatic carbocycles. The number of hydrogen-bond acceptors (Lipinski definition) is 5. The molecule has 0 saturated carbocycles. The molecule has 0 radical (unpaired) electrons. The highest BCUT2D eigenvalue weighted by Crippen LogP contribution is 2.10. The van der Waals surface area contributed by atoms with Crippen LogP contribution in [0.3, 0.4) is 0 Å². The van der Waals surface area contributed by atoms with Gasteiger partial charge < -0.3 is 4.90 Å². The van der Waals surface area contributed by atoms with Gasteiger partial charge in [-0.2, -0.15) is 0 Å². The number of nitrogens with zero attached hydrogens (tertiary/aromatic N) is 5. The number of amides is 1. The van der Waals surface area contributed by atoms with E-state index < -0.39 is 0 Å². The maximum atomic E-state index is 12.3. The van der Waals surface area contributed by atoms with Crippen LogP contribution in [0.4, 0.5) is 0 Å². The minimum absolute atomic E-state index is 0.0108. The molecule has 0 unspecified atom stereocenters. The second kappa shape index (κ2) is 6.41. The van der Waals surface area contributed by atoms with Gasteiger partial charge in [-0.15, -0.1) is 0 Å². The topological polar surface area (TPSA) is 62.2 Å². The van der Waals surface area contributed by atoms with E-state index in [0.717, 1.165) is 32.7 Å². The number of aromatic nitrogens is 3. The summed E-state index contributed by atoms with van der Waals surface area (Å²) in [6, 6.07) is 4.02. The smallest absolute Gasteiger partial charge is 0.257 e. The van der Waals surface area contributed by atoms with Gasteiger partial charge in [0.15, 0.2) is 0 Å². The van der Waals surface area contributed by atoms with E-state index in [0.29, 0.717) is 5.56 Å². The van der Waals surface area contributed by atoms with Crippen molar-refractivity contribution < 1.29 is 4.79 Å². The third-order valence-electron chi connectivity index (χ3n) is 3.60. The van der Waals surface area contributed by atoms with Gasteiger partial charge in [0.1, 0.15) is 6.33 Å². The van der Waals surface area contributed by atoms with Gasteiger partial charge in [-0.05, 0) is 11.6 Å². The lowest BCUT2D eigenvalue weighted by Gasteiger charge is -2.34. The third kappa shape index (κ3) is 3.41. The van der Waals surface area contributed by atoms with E-state index in [1.807, 2.05) is 17.2 Å². The highest BCUT2D eigenvalue weighted by Gasteiger charge is 2.22. The summed E-state index contributed by atoms with van der Waals surface area (Å²) >= 11 is 0. The lowest BCUT2D eigenvalue weighted by Crippen LogP contribution is -2.48. The Hall–Kier alpha value is -2.34. The highest BCUT2D eigenvalue weighted by atomic mass is 16.2. The molecule has 0 N–H and O–H groups in total. The van der Waals surface area contributed by atoms with Gasteiger partial charge in [0.05, 0.1) is 5.56 Å². The van der Waals surface area contributed by atoms with Crippen molar-refractivity contribution in [1.82, 2.24) is 24.8 Å². The third-order valence-corrected chi connectivity index (χ3v) is 3.60. The predicted octanol–water partition coefficient (Wildman–Crippen LogP) is 0.830. The second-order valence-corrected chi connectivity index (χ2v) is 5.06. The van der Waals surface area contributed by atoms with Crippen molar-refractivity contribution in [2.45, 2.75) is 6.54 Å². The van der Waals surface area contributed by atoms with Crippen LogP contribution in [0.15, 0.2) is 43.2 Å². The number of carbonyl (C=O) groups excluding carboxylic acids is 1. The first kappa shape index (κ1) is 13.6. The molecule has 0 atom stereocenters. The fraction of sp³-hybridized carbons (Fsp3) is 0.333. The Morgan fingerprint density at radius 3 is 2.48 bits per heavy atom. The summed E-state index contributed by atoms with van der Waals surface area (Å²) in [4.78, 5) is 28.4. The molecule has 1 aliphatic heterocycles. The molecule has 3 heterocycles. The van der Waals surface area contributed by atoms with Crippen LogP contribution in [0.1, 0.15) is 15.9 Å². The van der Waals surface area contributed by atoms with Crippen molar-refractivity contribution in [2.24, 2.45) is 0 Å². The van der Waals surface area contributed by atoms with E-state index in [2.05, 4.69) is 25.9 Å². The maximum Gasteiger partial charge on any atom is 0.257 e. The fourth-order valence-electron chi connectivity index (χ4n) is 2.45. The monoisotopic (exact) mass is 283 g/mol. The summed E-state index contributed by atoms with van der Waals surface area (Å²) in [6.07, 6.45) is 8.23. The lowest BCUT2D eigenvalue weighted by molar-refractivity contribution is 0.0627. The second-order valence-electron chi connectivity index (χ2n) is 5.06. The molecule has 108 valence electrons. The number of rotatable bonds is 3. The van der Waals surface area contributed by atoms with Crippen LogP contribution < -0.4 is 0 Å². The minimum Gasteiger partial charge on any atom is -0.336 e. The van der Waals surface area contributed by atoms with Gasteiger partial charge >= 0.3 is 0 Å². The van der Waals surface area contributed by atoms with Crippen LogP contribution in [-0.2, 0) is 6.54 Å². The van der Waals surface area contributed by atoms with E-state index >= 15 is 0 Å². The number of pyridine rings is 1. The van der Waals surface area contributed by atoms with Gasteiger partial charge in [0.25, 0.3) is 5.91 Å². The van der Waals surface area contributed by atoms with E-state index in [9.17, 15) is 4.79 Å². The first-order chi connectivity index (χ1) is 10.3. The van der Waals surface area contributed by atoms with Crippen molar-refractivity contribution in [2.75, 3.05) is 26.2 Å².